The molecule has 0 radical (unpaired) electrons. The predicted octanol–water partition coefficient (Wildman–Crippen LogP) is 3.09. The summed E-state index contributed by atoms with van der Waals surface area (Å²) in [6.45, 7) is 6.51. The largest absolute Gasteiger partial charge is 0.271 e. The van der Waals surface area contributed by atoms with Crippen molar-refractivity contribution >= 4 is 11.3 Å². The molecule has 3 unspecified atom stereocenters. The molecule has 0 aromatic carbocycles. The van der Waals surface area contributed by atoms with Gasteiger partial charge in [0.2, 0.25) is 0 Å². The van der Waals surface area contributed by atoms with Crippen LogP contribution in [-0.4, -0.2) is 4.98 Å². The lowest BCUT2D eigenvalue weighted by molar-refractivity contribution is 0.226. The Balaban J connectivity index is 2.18. The molecule has 0 aliphatic heterocycles. The van der Waals surface area contributed by atoms with E-state index in [2.05, 4.69) is 31.2 Å². The van der Waals surface area contributed by atoms with Crippen molar-refractivity contribution in [1.82, 2.24) is 10.4 Å². The number of thiazole rings is 1. The highest BCUT2D eigenvalue weighted by molar-refractivity contribution is 7.11. The molecule has 4 heteroatoms. The van der Waals surface area contributed by atoms with Crippen LogP contribution in [0.15, 0.2) is 0 Å². The molecule has 0 saturated heterocycles. The second kappa shape index (κ2) is 5.46. The zero-order valence-electron chi connectivity index (χ0n) is 11.0. The Morgan fingerprint density at radius 3 is 2.71 bits per heavy atom. The molecular formula is C13H23N3S. The monoisotopic (exact) mass is 253 g/mol. The van der Waals surface area contributed by atoms with E-state index in [0.29, 0.717) is 12.0 Å². The third kappa shape index (κ3) is 2.87. The van der Waals surface area contributed by atoms with Crippen LogP contribution in [0.5, 0.6) is 0 Å². The predicted molar refractivity (Wildman–Crippen MR) is 72.8 cm³/mol. The first kappa shape index (κ1) is 13.0. The number of aryl methyl sites for hydroxylation is 2. The number of nitrogens with zero attached hydrogens (tertiary/aromatic N) is 1. The highest BCUT2D eigenvalue weighted by Gasteiger charge is 2.29. The number of hydrazine groups is 1. The molecule has 96 valence electrons. The summed E-state index contributed by atoms with van der Waals surface area (Å²) in [5.74, 6) is 7.29. The van der Waals surface area contributed by atoms with Crippen LogP contribution in [0.1, 0.15) is 54.2 Å². The lowest BCUT2D eigenvalue weighted by Crippen LogP contribution is -2.35. The molecule has 0 bridgehead atoms. The van der Waals surface area contributed by atoms with E-state index in [-0.39, 0.29) is 0 Å². The van der Waals surface area contributed by atoms with Crippen molar-refractivity contribution in [2.45, 2.75) is 52.5 Å². The Kier molecular flexibility index (Phi) is 4.17. The van der Waals surface area contributed by atoms with E-state index in [1.165, 1.54) is 30.6 Å². The van der Waals surface area contributed by atoms with Crippen LogP contribution in [0.4, 0.5) is 0 Å². The summed E-state index contributed by atoms with van der Waals surface area (Å²) in [4.78, 5) is 5.85. The fourth-order valence-electron chi connectivity index (χ4n) is 3.05. The van der Waals surface area contributed by atoms with Crippen LogP contribution in [0.3, 0.4) is 0 Å². The van der Waals surface area contributed by atoms with E-state index in [4.69, 9.17) is 5.84 Å². The summed E-state index contributed by atoms with van der Waals surface area (Å²) in [6.07, 6.45) is 5.27. The molecule has 0 amide bonds. The maximum Gasteiger partial charge on any atom is 0.0900 e. The van der Waals surface area contributed by atoms with Crippen molar-refractivity contribution in [2.75, 3.05) is 0 Å². The van der Waals surface area contributed by atoms with Gasteiger partial charge < -0.3 is 0 Å². The van der Waals surface area contributed by atoms with Crippen LogP contribution in [0.25, 0.3) is 0 Å². The Bertz CT molecular complexity index is 375. The van der Waals surface area contributed by atoms with Crippen molar-refractivity contribution in [3.63, 3.8) is 0 Å². The Morgan fingerprint density at radius 2 is 2.18 bits per heavy atom. The minimum Gasteiger partial charge on any atom is -0.271 e. The van der Waals surface area contributed by atoms with Crippen molar-refractivity contribution in [3.8, 4) is 0 Å². The van der Waals surface area contributed by atoms with Crippen molar-refractivity contribution in [1.29, 1.82) is 0 Å². The first-order chi connectivity index (χ1) is 8.11. The molecule has 1 aromatic rings. The molecule has 3 nitrogen and oxygen atoms in total. The minimum absolute atomic E-state index is 0.295. The highest BCUT2D eigenvalue weighted by atomic mass is 32.1. The first-order valence-electron chi connectivity index (χ1n) is 6.52. The standard InChI is InChI=1S/C13H23N3S/c1-8-5-4-6-11(7-8)12(16-14)13-9(2)15-10(3)17-13/h8,11-12,16H,4-7,14H2,1-3H3. The normalized spacial score (nSPS) is 27.1. The molecule has 3 atom stereocenters. The van der Waals surface area contributed by atoms with Crippen LogP contribution in [0.2, 0.25) is 0 Å². The summed E-state index contributed by atoms with van der Waals surface area (Å²) in [5, 5.41) is 1.14. The molecule has 1 heterocycles. The third-order valence-corrected chi connectivity index (χ3v) is 5.01. The van der Waals surface area contributed by atoms with Crippen LogP contribution in [0, 0.1) is 25.7 Å². The number of nitrogens with two attached hydrogens (primary N) is 1. The van der Waals surface area contributed by atoms with E-state index in [1.54, 1.807) is 11.3 Å². The smallest absolute Gasteiger partial charge is 0.0900 e. The van der Waals surface area contributed by atoms with E-state index < -0.39 is 0 Å². The second-order valence-corrected chi connectivity index (χ2v) is 6.59. The van der Waals surface area contributed by atoms with E-state index in [9.17, 15) is 0 Å². The first-order valence-corrected chi connectivity index (χ1v) is 7.33. The quantitative estimate of drug-likeness (QED) is 0.643. The van der Waals surface area contributed by atoms with E-state index >= 15 is 0 Å². The van der Waals surface area contributed by atoms with Gasteiger partial charge in [0.25, 0.3) is 0 Å². The minimum atomic E-state index is 0.295. The summed E-state index contributed by atoms with van der Waals surface area (Å²) in [7, 11) is 0. The van der Waals surface area contributed by atoms with Crippen molar-refractivity contribution < 1.29 is 0 Å². The number of hydrogen-bond donors (Lipinski definition) is 2. The highest BCUT2D eigenvalue weighted by Crippen LogP contribution is 2.39. The lowest BCUT2D eigenvalue weighted by atomic mass is 9.78. The maximum atomic E-state index is 5.79. The molecular weight excluding hydrogens is 230 g/mol. The molecule has 1 fully saturated rings. The van der Waals surface area contributed by atoms with Gasteiger partial charge in [0, 0.05) is 4.88 Å². The maximum absolute atomic E-state index is 5.79. The average molecular weight is 253 g/mol. The zero-order chi connectivity index (χ0) is 12.4. The molecule has 0 spiro atoms. The van der Waals surface area contributed by atoms with Crippen molar-refractivity contribution in [3.05, 3.63) is 15.6 Å². The van der Waals surface area contributed by atoms with Gasteiger partial charge in [0.1, 0.15) is 0 Å². The Labute approximate surface area is 108 Å². The molecule has 3 N–H and O–H groups in total. The Morgan fingerprint density at radius 1 is 1.41 bits per heavy atom. The van der Waals surface area contributed by atoms with Crippen LogP contribution in [-0.2, 0) is 0 Å². The molecule has 1 saturated carbocycles. The van der Waals surface area contributed by atoms with Gasteiger partial charge in [-0.1, -0.05) is 19.8 Å². The van der Waals surface area contributed by atoms with Gasteiger partial charge in [-0.2, -0.15) is 0 Å². The van der Waals surface area contributed by atoms with Crippen LogP contribution < -0.4 is 11.3 Å². The average Bonchev–Trinajstić information content (AvgIpc) is 2.59. The number of aromatic nitrogens is 1. The fraction of sp³-hybridized carbons (Fsp3) is 0.769. The van der Waals surface area contributed by atoms with Crippen molar-refractivity contribution in [2.24, 2.45) is 17.7 Å². The summed E-state index contributed by atoms with van der Waals surface area (Å²) >= 11 is 1.79. The molecule has 1 aromatic heterocycles. The van der Waals surface area contributed by atoms with Gasteiger partial charge in [-0.25, -0.2) is 4.98 Å². The van der Waals surface area contributed by atoms with E-state index in [1.807, 2.05) is 0 Å². The zero-order valence-corrected chi connectivity index (χ0v) is 11.8. The lowest BCUT2D eigenvalue weighted by Gasteiger charge is -2.32. The summed E-state index contributed by atoms with van der Waals surface area (Å²) in [6, 6.07) is 0.295. The molecule has 1 aliphatic rings. The topological polar surface area (TPSA) is 50.9 Å². The van der Waals surface area contributed by atoms with Crippen LogP contribution >= 0.6 is 11.3 Å². The SMILES string of the molecule is Cc1nc(C)c(C(NN)C2CCCC(C)C2)s1. The van der Waals surface area contributed by atoms with Gasteiger partial charge >= 0.3 is 0 Å². The summed E-state index contributed by atoms with van der Waals surface area (Å²) in [5.41, 5.74) is 4.18. The number of hydrogen-bond acceptors (Lipinski definition) is 4. The number of rotatable bonds is 3. The molecule has 1 aliphatic carbocycles. The fourth-order valence-corrected chi connectivity index (χ4v) is 4.13. The van der Waals surface area contributed by atoms with E-state index in [0.717, 1.165) is 16.6 Å². The van der Waals surface area contributed by atoms with Gasteiger partial charge in [0.05, 0.1) is 16.7 Å². The molecule has 2 rings (SSSR count). The second-order valence-electron chi connectivity index (χ2n) is 5.36. The van der Waals surface area contributed by atoms with Gasteiger partial charge in [-0.15, -0.1) is 11.3 Å². The van der Waals surface area contributed by atoms with Gasteiger partial charge in [-0.05, 0) is 38.5 Å². The number of nitrogens with one attached hydrogen (secondary N) is 1. The van der Waals surface area contributed by atoms with Gasteiger partial charge in [0.15, 0.2) is 0 Å². The third-order valence-electron chi connectivity index (χ3n) is 3.85. The van der Waals surface area contributed by atoms with Gasteiger partial charge in [-0.3, -0.25) is 11.3 Å². The molecule has 17 heavy (non-hydrogen) atoms. The summed E-state index contributed by atoms with van der Waals surface area (Å²) < 4.78 is 0. The Hall–Kier alpha value is -0.450.